The lowest BCUT2D eigenvalue weighted by Crippen LogP contribution is -2.30. The van der Waals surface area contributed by atoms with Crippen molar-refractivity contribution in [3.05, 3.63) is 36.4 Å². The molecular weight excluding hydrogens is 248 g/mol. The summed E-state index contributed by atoms with van der Waals surface area (Å²) in [5.74, 6) is 0.865. The van der Waals surface area contributed by atoms with Gasteiger partial charge in [0.2, 0.25) is 0 Å². The van der Waals surface area contributed by atoms with Gasteiger partial charge in [-0.15, -0.1) is 0 Å². The van der Waals surface area contributed by atoms with Crippen molar-refractivity contribution in [1.29, 1.82) is 5.26 Å². The molecule has 0 spiro atoms. The maximum absolute atomic E-state index is 9.13. The first-order valence-electron chi connectivity index (χ1n) is 6.65. The fourth-order valence-corrected chi connectivity index (χ4v) is 2.30. The summed E-state index contributed by atoms with van der Waals surface area (Å²) >= 11 is 0. The predicted molar refractivity (Wildman–Crippen MR) is 83.2 cm³/mol. The molecule has 2 rings (SSSR count). The fraction of sp³-hybridized carbons (Fsp3) is 0.353. The van der Waals surface area contributed by atoms with Gasteiger partial charge < -0.3 is 9.64 Å². The van der Waals surface area contributed by atoms with Gasteiger partial charge in [-0.25, -0.2) is 0 Å². The third kappa shape index (κ3) is 3.03. The Kier molecular flexibility index (Phi) is 3.85. The summed E-state index contributed by atoms with van der Waals surface area (Å²) in [7, 11) is 3.69. The Labute approximate surface area is 120 Å². The van der Waals surface area contributed by atoms with Crippen molar-refractivity contribution in [2.45, 2.75) is 13.8 Å². The molecule has 0 atom stereocenters. The highest BCUT2D eigenvalue weighted by Crippen LogP contribution is 2.26. The van der Waals surface area contributed by atoms with Gasteiger partial charge in [-0.05, 0) is 48.9 Å². The zero-order valence-electron chi connectivity index (χ0n) is 12.5. The molecule has 0 aliphatic carbocycles. The molecule has 0 saturated heterocycles. The van der Waals surface area contributed by atoms with E-state index in [4.69, 9.17) is 10.00 Å². The van der Waals surface area contributed by atoms with Crippen LogP contribution < -0.4 is 9.64 Å². The van der Waals surface area contributed by atoms with E-state index in [1.807, 2.05) is 33.0 Å². The largest absolute Gasteiger partial charge is 0.497 e. The van der Waals surface area contributed by atoms with Crippen LogP contribution in [0.5, 0.6) is 5.75 Å². The number of nitrogens with zero attached hydrogens (tertiary/aromatic N) is 2. The van der Waals surface area contributed by atoms with Crippen molar-refractivity contribution in [1.82, 2.24) is 0 Å². The van der Waals surface area contributed by atoms with E-state index in [0.717, 1.165) is 16.8 Å². The molecule has 0 heterocycles. The number of rotatable bonds is 4. The van der Waals surface area contributed by atoms with E-state index in [0.29, 0.717) is 6.54 Å². The minimum absolute atomic E-state index is 0.358. The first-order valence-corrected chi connectivity index (χ1v) is 6.65. The topological polar surface area (TPSA) is 36.3 Å². The van der Waals surface area contributed by atoms with Gasteiger partial charge in [-0.2, -0.15) is 5.26 Å². The van der Waals surface area contributed by atoms with E-state index in [9.17, 15) is 0 Å². The molecule has 0 aliphatic heterocycles. The van der Waals surface area contributed by atoms with Crippen LogP contribution in [-0.4, -0.2) is 20.7 Å². The Hall–Kier alpha value is -2.21. The van der Waals surface area contributed by atoms with Gasteiger partial charge in [0.25, 0.3) is 0 Å². The second-order valence-corrected chi connectivity index (χ2v) is 5.75. The molecule has 0 saturated carbocycles. The summed E-state index contributed by atoms with van der Waals surface area (Å²) in [6, 6.07) is 14.7. The second-order valence-electron chi connectivity index (χ2n) is 5.75. The van der Waals surface area contributed by atoms with Gasteiger partial charge in [0.15, 0.2) is 0 Å². The summed E-state index contributed by atoms with van der Waals surface area (Å²) in [4.78, 5) is 2.12. The maximum atomic E-state index is 9.13. The van der Waals surface area contributed by atoms with Gasteiger partial charge in [0.05, 0.1) is 18.6 Å². The van der Waals surface area contributed by atoms with E-state index in [1.54, 1.807) is 7.11 Å². The molecule has 0 unspecified atom stereocenters. The first kappa shape index (κ1) is 14.2. The summed E-state index contributed by atoms with van der Waals surface area (Å²) in [6.07, 6.45) is 0. The maximum Gasteiger partial charge on any atom is 0.119 e. The van der Waals surface area contributed by atoms with Crippen molar-refractivity contribution in [3.8, 4) is 11.8 Å². The van der Waals surface area contributed by atoms with Crippen LogP contribution in [-0.2, 0) is 0 Å². The summed E-state index contributed by atoms with van der Waals surface area (Å²) in [6.45, 7) is 4.61. The lowest BCUT2D eigenvalue weighted by atomic mass is 9.95. The Bertz CT molecular complexity index is 656. The molecule has 3 nitrogen and oxygen atoms in total. The zero-order valence-corrected chi connectivity index (χ0v) is 12.5. The number of anilines is 1. The fourth-order valence-electron chi connectivity index (χ4n) is 2.30. The van der Waals surface area contributed by atoms with Crippen LogP contribution in [0.1, 0.15) is 13.8 Å². The molecule has 20 heavy (non-hydrogen) atoms. The van der Waals surface area contributed by atoms with Gasteiger partial charge >= 0.3 is 0 Å². The van der Waals surface area contributed by atoms with Crippen molar-refractivity contribution >= 4 is 16.5 Å². The first-order chi connectivity index (χ1) is 9.45. The molecule has 0 fully saturated rings. The van der Waals surface area contributed by atoms with Crippen molar-refractivity contribution < 1.29 is 4.74 Å². The Morgan fingerprint density at radius 3 is 2.45 bits per heavy atom. The van der Waals surface area contributed by atoms with Crippen LogP contribution >= 0.6 is 0 Å². The van der Waals surface area contributed by atoms with Gasteiger partial charge in [-0.3, -0.25) is 0 Å². The van der Waals surface area contributed by atoms with Crippen LogP contribution in [0.3, 0.4) is 0 Å². The normalized spacial score (nSPS) is 11.2. The summed E-state index contributed by atoms with van der Waals surface area (Å²) < 4.78 is 5.23. The van der Waals surface area contributed by atoms with Gasteiger partial charge in [0, 0.05) is 19.3 Å². The van der Waals surface area contributed by atoms with E-state index in [1.165, 1.54) is 5.39 Å². The van der Waals surface area contributed by atoms with E-state index in [-0.39, 0.29) is 5.41 Å². The predicted octanol–water partition coefficient (Wildman–Crippen LogP) is 3.83. The van der Waals surface area contributed by atoms with Crippen LogP contribution in [0, 0.1) is 16.7 Å². The smallest absolute Gasteiger partial charge is 0.119 e. The molecule has 0 aromatic heterocycles. The lowest BCUT2D eigenvalue weighted by Gasteiger charge is -2.26. The molecule has 3 heteroatoms. The summed E-state index contributed by atoms with van der Waals surface area (Å²) in [5.41, 5.74) is 0.759. The molecule has 0 aliphatic rings. The Morgan fingerprint density at radius 1 is 1.15 bits per heavy atom. The van der Waals surface area contributed by atoms with Crippen LogP contribution in [0.4, 0.5) is 5.69 Å². The average molecular weight is 268 g/mol. The monoisotopic (exact) mass is 268 g/mol. The highest BCUT2D eigenvalue weighted by molar-refractivity contribution is 5.87. The van der Waals surface area contributed by atoms with Gasteiger partial charge in [0.1, 0.15) is 5.75 Å². The van der Waals surface area contributed by atoms with Crippen LogP contribution in [0.15, 0.2) is 36.4 Å². The molecule has 2 aromatic carbocycles. The van der Waals surface area contributed by atoms with E-state index >= 15 is 0 Å². The SMILES string of the molecule is COc1ccc2cc(N(C)CC(C)(C)C#N)ccc2c1. The van der Waals surface area contributed by atoms with Crippen LogP contribution in [0.2, 0.25) is 0 Å². The second kappa shape index (κ2) is 5.42. The minimum atomic E-state index is -0.358. The number of nitriles is 1. The number of hydrogen-bond acceptors (Lipinski definition) is 3. The third-order valence-electron chi connectivity index (χ3n) is 3.41. The third-order valence-corrected chi connectivity index (χ3v) is 3.41. The average Bonchev–Trinajstić information content (AvgIpc) is 2.45. The quantitative estimate of drug-likeness (QED) is 0.845. The molecule has 0 N–H and O–H groups in total. The van der Waals surface area contributed by atoms with E-state index < -0.39 is 0 Å². The Balaban J connectivity index is 2.30. The van der Waals surface area contributed by atoms with Crippen molar-refractivity contribution in [3.63, 3.8) is 0 Å². The zero-order chi connectivity index (χ0) is 14.8. The standard InChI is InChI=1S/C17H20N2O/c1-17(2,11-18)12-19(3)15-7-5-14-10-16(20-4)8-6-13(14)9-15/h5-10H,12H2,1-4H3. The minimum Gasteiger partial charge on any atom is -0.497 e. The molecule has 0 amide bonds. The Morgan fingerprint density at radius 2 is 1.80 bits per heavy atom. The van der Waals surface area contributed by atoms with Crippen LogP contribution in [0.25, 0.3) is 10.8 Å². The number of benzene rings is 2. The van der Waals surface area contributed by atoms with Gasteiger partial charge in [-0.1, -0.05) is 12.1 Å². The molecule has 104 valence electrons. The molecule has 0 radical (unpaired) electrons. The van der Waals surface area contributed by atoms with Crippen molar-refractivity contribution in [2.75, 3.05) is 25.6 Å². The highest BCUT2D eigenvalue weighted by Gasteiger charge is 2.19. The van der Waals surface area contributed by atoms with E-state index in [2.05, 4.69) is 35.2 Å². The summed E-state index contributed by atoms with van der Waals surface area (Å²) in [5, 5.41) is 11.5. The lowest BCUT2D eigenvalue weighted by molar-refractivity contribution is 0.415. The number of methoxy groups -OCH3 is 1. The molecule has 0 bridgehead atoms. The highest BCUT2D eigenvalue weighted by atomic mass is 16.5. The van der Waals surface area contributed by atoms with Crippen molar-refractivity contribution in [2.24, 2.45) is 5.41 Å². The number of ether oxygens (including phenoxy) is 1. The number of fused-ring (bicyclic) bond motifs is 1. The number of hydrogen-bond donors (Lipinski definition) is 0. The molecular formula is C17H20N2O. The molecule has 2 aromatic rings.